The van der Waals surface area contributed by atoms with Crippen LogP contribution in [-0.2, 0) is 11.2 Å². The number of carbonyl (C=O) groups excluding carboxylic acids is 1. The van der Waals surface area contributed by atoms with Crippen LogP contribution < -0.4 is 0 Å². The van der Waals surface area contributed by atoms with Crippen molar-refractivity contribution < 1.29 is 9.90 Å². The van der Waals surface area contributed by atoms with Crippen LogP contribution in [0.4, 0.5) is 0 Å². The fraction of sp³-hybridized carbons (Fsp3) is 0.316. The van der Waals surface area contributed by atoms with Crippen LogP contribution in [0.5, 0.6) is 5.75 Å². The van der Waals surface area contributed by atoms with Gasteiger partial charge >= 0.3 is 0 Å². The second kappa shape index (κ2) is 6.55. The van der Waals surface area contributed by atoms with Crippen molar-refractivity contribution in [2.75, 3.05) is 13.1 Å². The number of nitrogens with zero attached hydrogens (tertiary/aromatic N) is 4. The summed E-state index contributed by atoms with van der Waals surface area (Å²) >= 11 is 0. The first-order valence-electron chi connectivity index (χ1n) is 8.56. The number of pyridine rings is 1. The maximum absolute atomic E-state index is 12.7. The molecule has 0 aliphatic carbocycles. The zero-order valence-electron chi connectivity index (χ0n) is 13.9. The molecule has 1 unspecified atom stereocenters. The quantitative estimate of drug-likeness (QED) is 0.797. The Labute approximate surface area is 145 Å². The number of benzene rings is 1. The van der Waals surface area contributed by atoms with E-state index in [4.69, 9.17) is 0 Å². The number of rotatable bonds is 3. The first kappa shape index (κ1) is 15.6. The number of likely N-dealkylation sites (tertiary alicyclic amines) is 1. The van der Waals surface area contributed by atoms with Crippen LogP contribution in [0.25, 0.3) is 5.65 Å². The zero-order valence-corrected chi connectivity index (χ0v) is 13.9. The van der Waals surface area contributed by atoms with E-state index in [1.165, 1.54) is 0 Å². The second-order valence-electron chi connectivity index (χ2n) is 6.51. The highest BCUT2D eigenvalue weighted by molar-refractivity contribution is 5.79. The van der Waals surface area contributed by atoms with E-state index in [2.05, 4.69) is 10.2 Å². The Morgan fingerprint density at radius 3 is 2.84 bits per heavy atom. The molecule has 3 heterocycles. The lowest BCUT2D eigenvalue weighted by Crippen LogP contribution is -2.40. The number of phenolic OH excluding ortho intramolecular Hbond substituents is 1. The molecule has 4 rings (SSSR count). The molecule has 0 radical (unpaired) electrons. The molecule has 128 valence electrons. The van der Waals surface area contributed by atoms with Gasteiger partial charge in [0.25, 0.3) is 0 Å². The third kappa shape index (κ3) is 3.20. The molecule has 2 aromatic heterocycles. The number of carbonyl (C=O) groups is 1. The van der Waals surface area contributed by atoms with Crippen molar-refractivity contribution in [3.63, 3.8) is 0 Å². The first-order valence-corrected chi connectivity index (χ1v) is 8.56. The Bertz CT molecular complexity index is 888. The van der Waals surface area contributed by atoms with E-state index in [1.54, 1.807) is 24.3 Å². The molecule has 0 saturated carbocycles. The van der Waals surface area contributed by atoms with Gasteiger partial charge in [0.15, 0.2) is 5.65 Å². The van der Waals surface area contributed by atoms with Gasteiger partial charge in [-0.3, -0.25) is 9.20 Å². The molecule has 6 nitrogen and oxygen atoms in total. The fourth-order valence-corrected chi connectivity index (χ4v) is 3.45. The molecule has 0 bridgehead atoms. The summed E-state index contributed by atoms with van der Waals surface area (Å²) in [6, 6.07) is 12.7. The minimum atomic E-state index is 0.115. The highest BCUT2D eigenvalue weighted by Crippen LogP contribution is 2.26. The van der Waals surface area contributed by atoms with E-state index < -0.39 is 0 Å². The second-order valence-corrected chi connectivity index (χ2v) is 6.51. The van der Waals surface area contributed by atoms with Gasteiger partial charge in [0.1, 0.15) is 11.6 Å². The zero-order chi connectivity index (χ0) is 17.2. The average molecular weight is 336 g/mol. The average Bonchev–Trinajstić information content (AvgIpc) is 3.08. The van der Waals surface area contributed by atoms with Gasteiger partial charge in [-0.05, 0) is 42.7 Å². The molecule has 1 atom stereocenters. The normalized spacial score (nSPS) is 17.8. The van der Waals surface area contributed by atoms with Crippen LogP contribution in [0.15, 0.2) is 48.7 Å². The Hall–Kier alpha value is -2.89. The highest BCUT2D eigenvalue weighted by atomic mass is 16.3. The van der Waals surface area contributed by atoms with Crippen LogP contribution in [0.3, 0.4) is 0 Å². The third-order valence-electron chi connectivity index (χ3n) is 4.77. The predicted molar refractivity (Wildman–Crippen MR) is 93.4 cm³/mol. The number of phenols is 1. The summed E-state index contributed by atoms with van der Waals surface area (Å²) in [5, 5.41) is 17.9. The summed E-state index contributed by atoms with van der Waals surface area (Å²) in [7, 11) is 0. The number of aromatic nitrogens is 3. The monoisotopic (exact) mass is 336 g/mol. The van der Waals surface area contributed by atoms with Crippen molar-refractivity contribution in [1.29, 1.82) is 0 Å². The fourth-order valence-electron chi connectivity index (χ4n) is 3.45. The van der Waals surface area contributed by atoms with Gasteiger partial charge in [-0.25, -0.2) is 0 Å². The van der Waals surface area contributed by atoms with Crippen molar-refractivity contribution in [2.45, 2.75) is 25.2 Å². The van der Waals surface area contributed by atoms with Gasteiger partial charge in [0.2, 0.25) is 5.91 Å². The number of amides is 1. The number of piperidine rings is 1. The largest absolute Gasteiger partial charge is 0.508 e. The lowest BCUT2D eigenvalue weighted by atomic mass is 9.96. The molecule has 1 aliphatic rings. The van der Waals surface area contributed by atoms with Crippen molar-refractivity contribution in [1.82, 2.24) is 19.5 Å². The number of aromatic hydroxyl groups is 1. The SMILES string of the molecule is O=C(Cc1ccc(O)cc1)N1CCCC(c2nnc3ccccn23)C1. The van der Waals surface area contributed by atoms with Crippen LogP contribution in [0.2, 0.25) is 0 Å². The Morgan fingerprint density at radius 1 is 1.16 bits per heavy atom. The van der Waals surface area contributed by atoms with Gasteiger partial charge in [-0.1, -0.05) is 18.2 Å². The number of fused-ring (bicyclic) bond motifs is 1. The molecule has 6 heteroatoms. The van der Waals surface area contributed by atoms with Crippen molar-refractivity contribution in [3.05, 3.63) is 60.0 Å². The van der Waals surface area contributed by atoms with Gasteiger partial charge in [0.05, 0.1) is 6.42 Å². The van der Waals surface area contributed by atoms with E-state index >= 15 is 0 Å². The van der Waals surface area contributed by atoms with E-state index in [9.17, 15) is 9.90 Å². The summed E-state index contributed by atoms with van der Waals surface area (Å²) in [5.74, 6) is 1.46. The number of hydrogen-bond acceptors (Lipinski definition) is 4. The molecule has 3 aromatic rings. The van der Waals surface area contributed by atoms with Gasteiger partial charge in [-0.15, -0.1) is 10.2 Å². The van der Waals surface area contributed by atoms with E-state index in [1.807, 2.05) is 33.7 Å². The standard InChI is InChI=1S/C19H20N4O2/c24-16-8-6-14(7-9-16)12-18(25)22-10-3-4-15(13-22)19-21-20-17-5-1-2-11-23(17)19/h1-2,5-9,11,15,24H,3-4,10,12-13H2. The molecular weight excluding hydrogens is 316 g/mol. The molecule has 1 saturated heterocycles. The lowest BCUT2D eigenvalue weighted by molar-refractivity contribution is -0.131. The van der Waals surface area contributed by atoms with Crippen LogP contribution in [-0.4, -0.2) is 43.6 Å². The number of hydrogen-bond donors (Lipinski definition) is 1. The van der Waals surface area contributed by atoms with E-state index in [0.29, 0.717) is 13.0 Å². The van der Waals surface area contributed by atoms with Gasteiger partial charge < -0.3 is 10.0 Å². The summed E-state index contributed by atoms with van der Waals surface area (Å²) in [4.78, 5) is 14.6. The summed E-state index contributed by atoms with van der Waals surface area (Å²) in [5.41, 5.74) is 1.75. The smallest absolute Gasteiger partial charge is 0.227 e. The van der Waals surface area contributed by atoms with Crippen molar-refractivity contribution in [3.8, 4) is 5.75 Å². The molecular formula is C19H20N4O2. The topological polar surface area (TPSA) is 70.7 Å². The third-order valence-corrected chi connectivity index (χ3v) is 4.77. The maximum atomic E-state index is 12.7. The molecule has 1 aliphatic heterocycles. The van der Waals surface area contributed by atoms with Crippen LogP contribution in [0, 0.1) is 0 Å². The van der Waals surface area contributed by atoms with Crippen LogP contribution >= 0.6 is 0 Å². The summed E-state index contributed by atoms with van der Waals surface area (Å²) < 4.78 is 2.01. The van der Waals surface area contributed by atoms with E-state index in [0.717, 1.165) is 36.4 Å². The Morgan fingerprint density at radius 2 is 2.00 bits per heavy atom. The Kier molecular flexibility index (Phi) is 4.09. The lowest BCUT2D eigenvalue weighted by Gasteiger charge is -2.32. The predicted octanol–water partition coefficient (Wildman–Crippen LogP) is 2.38. The maximum Gasteiger partial charge on any atom is 0.227 e. The van der Waals surface area contributed by atoms with Gasteiger partial charge in [0, 0.05) is 25.2 Å². The molecule has 1 amide bonds. The molecule has 0 spiro atoms. The van der Waals surface area contributed by atoms with Gasteiger partial charge in [-0.2, -0.15) is 0 Å². The van der Waals surface area contributed by atoms with Crippen molar-refractivity contribution >= 4 is 11.6 Å². The minimum Gasteiger partial charge on any atom is -0.508 e. The molecule has 1 N–H and O–H groups in total. The Balaban J connectivity index is 1.49. The van der Waals surface area contributed by atoms with Crippen LogP contribution in [0.1, 0.15) is 30.1 Å². The summed E-state index contributed by atoms with van der Waals surface area (Å²) in [6.07, 6.45) is 4.31. The minimum absolute atomic E-state index is 0.115. The first-order chi connectivity index (χ1) is 12.2. The highest BCUT2D eigenvalue weighted by Gasteiger charge is 2.27. The summed E-state index contributed by atoms with van der Waals surface area (Å²) in [6.45, 7) is 1.46. The molecule has 1 aromatic carbocycles. The molecule has 25 heavy (non-hydrogen) atoms. The molecule has 1 fully saturated rings. The van der Waals surface area contributed by atoms with Crippen molar-refractivity contribution in [2.24, 2.45) is 0 Å². The van der Waals surface area contributed by atoms with E-state index in [-0.39, 0.29) is 17.6 Å².